The average molecular weight is 775 g/mol. The summed E-state index contributed by atoms with van der Waals surface area (Å²) in [5, 5.41) is 14.4. The molecule has 290 valence electrons. The van der Waals surface area contributed by atoms with Crippen LogP contribution in [0.3, 0.4) is 0 Å². The third-order valence-electron chi connectivity index (χ3n) is 9.12. The van der Waals surface area contributed by atoms with Gasteiger partial charge in [-0.25, -0.2) is 4.79 Å². The van der Waals surface area contributed by atoms with Crippen molar-refractivity contribution in [3.05, 3.63) is 64.7 Å². The predicted octanol–water partition coefficient (Wildman–Crippen LogP) is 5.18. The number of carbonyl (C=O) groups is 4. The number of esters is 1. The smallest absolute Gasteiger partial charge is 0.422 e. The minimum Gasteiger partial charge on any atom is -0.467 e. The summed E-state index contributed by atoms with van der Waals surface area (Å²) >= 11 is 6.03. The highest BCUT2D eigenvalue weighted by Crippen LogP contribution is 2.48. The molecule has 14 nitrogen and oxygen atoms in total. The molecule has 0 bridgehead atoms. The van der Waals surface area contributed by atoms with Gasteiger partial charge in [-0.2, -0.15) is 28.1 Å². The Balaban J connectivity index is 1.18. The summed E-state index contributed by atoms with van der Waals surface area (Å²) in [6.07, 6.45) is 3.34. The van der Waals surface area contributed by atoms with E-state index < -0.39 is 54.1 Å². The number of ether oxygens (including phenoxy) is 2. The van der Waals surface area contributed by atoms with Gasteiger partial charge in [0, 0.05) is 29.4 Å². The number of benzene rings is 2. The molecule has 54 heavy (non-hydrogen) atoms. The fourth-order valence-electron chi connectivity index (χ4n) is 6.04. The molecular weight excluding hydrogens is 733 g/mol. The Labute approximate surface area is 314 Å². The van der Waals surface area contributed by atoms with E-state index >= 15 is 0 Å². The second-order valence-corrected chi connectivity index (χ2v) is 13.7. The largest absolute Gasteiger partial charge is 0.467 e. The number of methoxy groups -OCH3 is 1. The van der Waals surface area contributed by atoms with Crippen LogP contribution in [0.5, 0.6) is 6.01 Å². The number of hydrogen-bond acceptors (Lipinski definition) is 11. The van der Waals surface area contributed by atoms with Gasteiger partial charge in [0.1, 0.15) is 6.04 Å². The molecule has 0 unspecified atom stereocenters. The van der Waals surface area contributed by atoms with Crippen molar-refractivity contribution < 1.29 is 41.8 Å². The molecule has 2 fully saturated rings. The number of nitrogens with zero attached hydrogens (tertiary/aromatic N) is 3. The van der Waals surface area contributed by atoms with Crippen LogP contribution in [0.25, 0.3) is 0 Å². The van der Waals surface area contributed by atoms with Crippen LogP contribution in [0.2, 0.25) is 5.02 Å². The van der Waals surface area contributed by atoms with Crippen molar-refractivity contribution in [1.82, 2.24) is 30.9 Å². The van der Waals surface area contributed by atoms with E-state index in [9.17, 15) is 32.3 Å². The number of alkyl halides is 3. The Morgan fingerprint density at radius 2 is 1.54 bits per heavy atom. The normalized spacial score (nSPS) is 15.9. The first-order valence-electron chi connectivity index (χ1n) is 17.6. The molecule has 3 aromatic rings. The maximum Gasteiger partial charge on any atom is 0.422 e. The summed E-state index contributed by atoms with van der Waals surface area (Å²) in [4.78, 5) is 62.5. The maximum atomic E-state index is 13.1. The highest BCUT2D eigenvalue weighted by molar-refractivity contribution is 6.35. The average Bonchev–Trinajstić information content (AvgIpc) is 3.97. The number of carbonyl (C=O) groups excluding carboxylic acids is 4. The number of anilines is 3. The summed E-state index contributed by atoms with van der Waals surface area (Å²) in [5.41, 5.74) is 0.877. The highest BCUT2D eigenvalue weighted by atomic mass is 35.5. The second-order valence-electron chi connectivity index (χ2n) is 13.2. The van der Waals surface area contributed by atoms with E-state index in [4.69, 9.17) is 21.1 Å². The van der Waals surface area contributed by atoms with Crippen LogP contribution in [0.1, 0.15) is 73.7 Å². The lowest BCUT2D eigenvalue weighted by molar-refractivity contribution is -0.154. The molecule has 0 spiro atoms. The van der Waals surface area contributed by atoms with Crippen molar-refractivity contribution in [1.29, 1.82) is 0 Å². The third kappa shape index (κ3) is 11.9. The first-order chi connectivity index (χ1) is 25.8. The molecule has 0 radical (unpaired) electrons. The zero-order valence-electron chi connectivity index (χ0n) is 29.6. The van der Waals surface area contributed by atoms with Crippen molar-refractivity contribution in [3.8, 4) is 6.01 Å². The number of nitrogens with one attached hydrogen (secondary N) is 5. The Morgan fingerprint density at radius 3 is 2.17 bits per heavy atom. The minimum absolute atomic E-state index is 0.0198. The fraction of sp³-hybridized carbons (Fsp3) is 0.472. The minimum atomic E-state index is -4.63. The molecule has 2 aliphatic carbocycles. The number of amides is 3. The molecule has 0 aliphatic heterocycles. The molecule has 5 N–H and O–H groups in total. The monoisotopic (exact) mass is 774 g/mol. The summed E-state index contributed by atoms with van der Waals surface area (Å²) in [6, 6.07) is 11.3. The Bertz CT molecular complexity index is 1770. The first-order valence-corrected chi connectivity index (χ1v) is 18.0. The standard InChI is InChI=1S/C36H42ClF3N8O6/c1-53-31(52)27(16-19-41-29(50)30(51)42-20-22-6-4-2-3-5-7-22)44-28(49)23-8-14-26(15-9-23)43-32-45-33(47-34(46-32)54-21-36(38,39)40)48-35(17-18-35)24-10-12-25(37)13-11-24/h8-15,22,27H,2-7,16-21H2,1H3,(H,41,50)(H,42,51)(H,44,49)(H2,43,45,46,47,48)/t27-/m0/s1. The van der Waals surface area contributed by atoms with Crippen molar-refractivity contribution in [2.45, 2.75) is 75.5 Å². The van der Waals surface area contributed by atoms with Crippen LogP contribution in [0, 0.1) is 5.92 Å². The van der Waals surface area contributed by atoms with E-state index in [2.05, 4.69) is 41.5 Å². The molecule has 2 aliphatic rings. The molecule has 3 amide bonds. The Hall–Kier alpha value is -5.19. The number of aromatic nitrogens is 3. The lowest BCUT2D eigenvalue weighted by atomic mass is 10.0. The van der Waals surface area contributed by atoms with Crippen molar-refractivity contribution in [2.75, 3.05) is 37.4 Å². The quantitative estimate of drug-likeness (QED) is 0.0779. The molecule has 1 aromatic heterocycles. The molecule has 0 saturated heterocycles. The zero-order valence-corrected chi connectivity index (χ0v) is 30.3. The molecule has 2 saturated carbocycles. The van der Waals surface area contributed by atoms with E-state index in [0.29, 0.717) is 36.0 Å². The summed E-state index contributed by atoms with van der Waals surface area (Å²) in [7, 11) is 1.16. The summed E-state index contributed by atoms with van der Waals surface area (Å²) in [6.45, 7) is -1.27. The lowest BCUT2D eigenvalue weighted by Crippen LogP contribution is -2.46. The molecular formula is C36H42ClF3N8O6. The van der Waals surface area contributed by atoms with Crippen molar-refractivity contribution in [2.24, 2.45) is 5.92 Å². The van der Waals surface area contributed by atoms with Gasteiger partial charge in [-0.05, 0) is 80.0 Å². The van der Waals surface area contributed by atoms with E-state index in [1.165, 1.54) is 37.1 Å². The van der Waals surface area contributed by atoms with Gasteiger partial charge in [-0.1, -0.05) is 49.4 Å². The van der Waals surface area contributed by atoms with E-state index in [-0.39, 0.29) is 30.4 Å². The number of halogens is 4. The van der Waals surface area contributed by atoms with Crippen molar-refractivity contribution in [3.63, 3.8) is 0 Å². The van der Waals surface area contributed by atoms with Crippen LogP contribution >= 0.6 is 11.6 Å². The number of hydrogen-bond donors (Lipinski definition) is 5. The molecule has 18 heteroatoms. The van der Waals surface area contributed by atoms with Crippen LogP contribution in [0.4, 0.5) is 30.8 Å². The molecule has 5 rings (SSSR count). The van der Waals surface area contributed by atoms with Crippen LogP contribution in [-0.4, -0.2) is 77.7 Å². The third-order valence-corrected chi connectivity index (χ3v) is 9.37. The first kappa shape index (κ1) is 40.0. The Kier molecular flexibility index (Phi) is 13.5. The topological polar surface area (TPSA) is 186 Å². The SMILES string of the molecule is COC(=O)[C@H](CCNC(=O)C(=O)NCC1CCCCCC1)NC(=O)c1ccc(Nc2nc(NC3(c4ccc(Cl)cc4)CC3)nc(OCC(F)(F)F)n2)cc1. The van der Waals surface area contributed by atoms with Crippen molar-refractivity contribution >= 4 is 52.9 Å². The molecule has 1 atom stereocenters. The van der Waals surface area contributed by atoms with Crippen LogP contribution in [0.15, 0.2) is 48.5 Å². The molecule has 1 heterocycles. The predicted molar refractivity (Wildman–Crippen MR) is 192 cm³/mol. The van der Waals surface area contributed by atoms with E-state index in [1.54, 1.807) is 12.1 Å². The Morgan fingerprint density at radius 1 is 0.889 bits per heavy atom. The maximum absolute atomic E-state index is 13.1. The highest BCUT2D eigenvalue weighted by Gasteiger charge is 2.45. The van der Waals surface area contributed by atoms with Gasteiger partial charge in [-0.15, -0.1) is 0 Å². The van der Waals surface area contributed by atoms with Gasteiger partial charge in [0.25, 0.3) is 5.91 Å². The van der Waals surface area contributed by atoms with Gasteiger partial charge in [0.2, 0.25) is 11.9 Å². The fourth-order valence-corrected chi connectivity index (χ4v) is 6.16. The summed E-state index contributed by atoms with van der Waals surface area (Å²) < 4.78 is 48.5. The number of rotatable bonds is 15. The van der Waals surface area contributed by atoms with Crippen LogP contribution in [-0.2, 0) is 24.7 Å². The van der Waals surface area contributed by atoms with Gasteiger partial charge >= 0.3 is 30.0 Å². The lowest BCUT2D eigenvalue weighted by Gasteiger charge is -2.19. The van der Waals surface area contributed by atoms with Gasteiger partial charge < -0.3 is 36.1 Å². The van der Waals surface area contributed by atoms with Gasteiger partial charge in [0.05, 0.1) is 12.6 Å². The van der Waals surface area contributed by atoms with E-state index in [1.807, 2.05) is 12.1 Å². The summed E-state index contributed by atoms with van der Waals surface area (Å²) in [5.74, 6) is -2.78. The molecule has 2 aromatic carbocycles. The zero-order chi connectivity index (χ0) is 38.7. The van der Waals surface area contributed by atoms with Crippen LogP contribution < -0.4 is 31.3 Å². The van der Waals surface area contributed by atoms with Gasteiger partial charge in [-0.3, -0.25) is 14.4 Å². The van der Waals surface area contributed by atoms with Gasteiger partial charge in [0.15, 0.2) is 6.61 Å². The van der Waals surface area contributed by atoms with E-state index in [0.717, 1.165) is 38.4 Å². The second kappa shape index (κ2) is 18.2.